The van der Waals surface area contributed by atoms with Crippen LogP contribution < -0.4 is 9.34 Å². The van der Waals surface area contributed by atoms with Gasteiger partial charge in [-0.05, 0) is 29.7 Å². The summed E-state index contributed by atoms with van der Waals surface area (Å²) in [4.78, 5) is 23.9. The molecule has 1 saturated heterocycles. The van der Waals surface area contributed by atoms with Gasteiger partial charge in [-0.1, -0.05) is 63.2 Å². The highest BCUT2D eigenvalue weighted by atomic mass is 31.2. The number of anilines is 2. The summed E-state index contributed by atoms with van der Waals surface area (Å²) in [6.45, 7) is 7.33. The van der Waals surface area contributed by atoms with E-state index in [4.69, 9.17) is 0 Å². The maximum atomic E-state index is 12.2. The van der Waals surface area contributed by atoms with Crippen LogP contribution in [0.4, 0.5) is 11.4 Å². The Morgan fingerprint density at radius 1 is 0.964 bits per heavy atom. The van der Waals surface area contributed by atoms with Gasteiger partial charge in [0.15, 0.2) is 7.79 Å². The molecule has 149 valence electrons. The summed E-state index contributed by atoms with van der Waals surface area (Å²) in [6.07, 6.45) is 1.75. The zero-order chi connectivity index (χ0) is 20.4. The van der Waals surface area contributed by atoms with Gasteiger partial charge in [-0.2, -0.15) is 0 Å². The van der Waals surface area contributed by atoms with E-state index in [1.165, 1.54) is 0 Å². The van der Waals surface area contributed by atoms with E-state index in [2.05, 4.69) is 0 Å². The van der Waals surface area contributed by atoms with E-state index < -0.39 is 13.8 Å². The highest BCUT2D eigenvalue weighted by Gasteiger charge is 2.48. The highest BCUT2D eigenvalue weighted by Crippen LogP contribution is 2.73. The van der Waals surface area contributed by atoms with Crippen molar-refractivity contribution in [3.63, 3.8) is 0 Å². The first kappa shape index (κ1) is 20.4. The van der Waals surface area contributed by atoms with E-state index in [1.807, 2.05) is 96.9 Å². The molecule has 2 aromatic carbocycles. The molecule has 0 aromatic heterocycles. The zero-order valence-corrected chi connectivity index (χ0v) is 17.5. The van der Waals surface area contributed by atoms with Crippen molar-refractivity contribution < 1.29 is 14.8 Å². The standard InChI is InChI=1S/C22H28N2O3P/c1-22(2,3)17-20(16-21(25)26)28(27)23(18-10-6-4-7-11-18)14-15-24(28)19-12-8-5-9-13-19/h4-13,17,27H,14-16H2,1-3H3,(H,25,26). The molecule has 3 rings (SSSR count). The summed E-state index contributed by atoms with van der Waals surface area (Å²) in [6, 6.07) is 19.5. The second-order valence-electron chi connectivity index (χ2n) is 8.06. The number of aliphatic carboxylic acids is 1. The van der Waals surface area contributed by atoms with Crippen molar-refractivity contribution in [1.29, 1.82) is 0 Å². The van der Waals surface area contributed by atoms with Gasteiger partial charge < -0.3 is 19.3 Å². The van der Waals surface area contributed by atoms with E-state index in [1.54, 1.807) is 0 Å². The van der Waals surface area contributed by atoms with Crippen molar-refractivity contribution >= 4 is 25.1 Å². The van der Waals surface area contributed by atoms with E-state index in [9.17, 15) is 14.8 Å². The summed E-state index contributed by atoms with van der Waals surface area (Å²) in [5.41, 5.74) is 1.55. The fraction of sp³-hybridized carbons (Fsp3) is 0.318. The normalized spacial score (nSPS) is 17.1. The van der Waals surface area contributed by atoms with Crippen LogP contribution in [-0.4, -0.2) is 29.1 Å². The van der Waals surface area contributed by atoms with E-state index in [0.717, 1.165) is 11.4 Å². The largest absolute Gasteiger partial charge is 0.481 e. The molecule has 2 aromatic rings. The van der Waals surface area contributed by atoms with Gasteiger partial charge in [-0.3, -0.25) is 4.79 Å². The third-order valence-corrected chi connectivity index (χ3v) is 7.89. The SMILES string of the molecule is CC(C)(C)C=C(CC(=O)O)[P]1(O)N(c2ccccc2)CCN1c1ccccc1. The highest BCUT2D eigenvalue weighted by molar-refractivity contribution is 7.77. The van der Waals surface area contributed by atoms with Crippen molar-refractivity contribution in [2.45, 2.75) is 27.2 Å². The summed E-state index contributed by atoms with van der Waals surface area (Å²) in [5, 5.41) is 10.2. The van der Waals surface area contributed by atoms with Gasteiger partial charge in [-0.25, -0.2) is 0 Å². The van der Waals surface area contributed by atoms with E-state index in [-0.39, 0.29) is 11.8 Å². The molecule has 5 nitrogen and oxygen atoms in total. The first-order chi connectivity index (χ1) is 13.2. The molecule has 1 aliphatic rings. The van der Waals surface area contributed by atoms with Crippen LogP contribution in [0, 0.1) is 5.41 Å². The predicted octanol–water partition coefficient (Wildman–Crippen LogP) is 5.17. The van der Waals surface area contributed by atoms with Crippen molar-refractivity contribution in [2.75, 3.05) is 22.4 Å². The number of hydrogen-bond donors (Lipinski definition) is 2. The molecule has 1 heterocycles. The Morgan fingerprint density at radius 3 is 1.75 bits per heavy atom. The second kappa shape index (κ2) is 7.94. The van der Waals surface area contributed by atoms with Gasteiger partial charge in [0, 0.05) is 29.8 Å². The molecule has 0 bridgehead atoms. The van der Waals surface area contributed by atoms with Crippen LogP contribution >= 0.6 is 7.79 Å². The Morgan fingerprint density at radius 2 is 1.39 bits per heavy atom. The number of para-hydroxylation sites is 2. The fourth-order valence-corrected chi connectivity index (χ4v) is 7.02. The number of allylic oxidation sites excluding steroid dienone is 1. The summed E-state index contributed by atoms with van der Waals surface area (Å²) in [5.74, 6) is -0.933. The number of carboxylic acid groups (broad SMARTS) is 1. The number of carboxylic acids is 1. The molecule has 28 heavy (non-hydrogen) atoms. The van der Waals surface area contributed by atoms with Gasteiger partial charge in [0.25, 0.3) is 0 Å². The molecule has 1 radical (unpaired) electrons. The van der Waals surface area contributed by atoms with E-state index in [0.29, 0.717) is 18.4 Å². The van der Waals surface area contributed by atoms with E-state index >= 15 is 0 Å². The minimum Gasteiger partial charge on any atom is -0.481 e. The monoisotopic (exact) mass is 399 g/mol. The first-order valence-electron chi connectivity index (χ1n) is 9.44. The average Bonchev–Trinajstić information content (AvgIpc) is 2.99. The molecule has 0 amide bonds. The summed E-state index contributed by atoms with van der Waals surface area (Å²) >= 11 is 0. The van der Waals surface area contributed by atoms with Crippen LogP contribution in [-0.2, 0) is 4.79 Å². The van der Waals surface area contributed by atoms with Crippen LogP contribution in [0.5, 0.6) is 0 Å². The van der Waals surface area contributed by atoms with Crippen molar-refractivity contribution in [3.8, 4) is 0 Å². The van der Waals surface area contributed by atoms with Crippen molar-refractivity contribution in [1.82, 2.24) is 0 Å². The lowest BCUT2D eigenvalue weighted by atomic mass is 9.96. The third kappa shape index (κ3) is 4.21. The maximum absolute atomic E-state index is 12.2. The lowest BCUT2D eigenvalue weighted by molar-refractivity contribution is -0.136. The van der Waals surface area contributed by atoms with Gasteiger partial charge in [0.05, 0.1) is 6.42 Å². The molecule has 0 aliphatic carbocycles. The number of carbonyl (C=O) groups is 1. The van der Waals surface area contributed by atoms with Crippen molar-refractivity contribution in [2.24, 2.45) is 5.41 Å². The van der Waals surface area contributed by atoms with Gasteiger partial charge in [0.1, 0.15) is 0 Å². The fourth-order valence-electron chi connectivity index (χ4n) is 3.59. The molecule has 0 atom stereocenters. The Kier molecular flexibility index (Phi) is 5.78. The average molecular weight is 399 g/mol. The predicted molar refractivity (Wildman–Crippen MR) is 117 cm³/mol. The molecular weight excluding hydrogens is 371 g/mol. The minimum absolute atomic E-state index is 0.186. The smallest absolute Gasteiger partial charge is 0.308 e. The molecule has 1 fully saturated rings. The topological polar surface area (TPSA) is 64.0 Å². The van der Waals surface area contributed by atoms with Gasteiger partial charge in [0.2, 0.25) is 0 Å². The van der Waals surface area contributed by atoms with Gasteiger partial charge in [-0.15, -0.1) is 0 Å². The lowest BCUT2D eigenvalue weighted by Crippen LogP contribution is -2.27. The minimum atomic E-state index is -3.10. The summed E-state index contributed by atoms with van der Waals surface area (Å²) < 4.78 is 4.00. The Hall–Kier alpha value is -2.36. The molecular formula is C22H28N2O3P. The number of hydrogen-bond acceptors (Lipinski definition) is 4. The molecule has 0 unspecified atom stereocenters. The number of nitrogens with zero attached hydrogens (tertiary/aromatic N) is 2. The number of benzene rings is 2. The zero-order valence-electron chi connectivity index (χ0n) is 16.6. The second-order valence-corrected chi connectivity index (χ2v) is 10.7. The molecule has 6 heteroatoms. The quantitative estimate of drug-likeness (QED) is 0.679. The van der Waals surface area contributed by atoms with Crippen LogP contribution in [0.3, 0.4) is 0 Å². The molecule has 1 aliphatic heterocycles. The van der Waals surface area contributed by atoms with Crippen LogP contribution in [0.15, 0.2) is 72.1 Å². The van der Waals surface area contributed by atoms with Crippen molar-refractivity contribution in [3.05, 3.63) is 72.1 Å². The van der Waals surface area contributed by atoms with Crippen LogP contribution in [0.2, 0.25) is 0 Å². The maximum Gasteiger partial charge on any atom is 0.308 e. The molecule has 2 N–H and O–H groups in total. The Balaban J connectivity index is 2.18. The summed E-state index contributed by atoms with van der Waals surface area (Å²) in [7, 11) is -3.10. The first-order valence-corrected chi connectivity index (χ1v) is 11.1. The Bertz CT molecular complexity index is 800. The van der Waals surface area contributed by atoms with Gasteiger partial charge >= 0.3 is 5.97 Å². The van der Waals surface area contributed by atoms with Crippen LogP contribution in [0.1, 0.15) is 27.2 Å². The number of rotatable bonds is 5. The Labute approximate surface area is 167 Å². The third-order valence-electron chi connectivity index (χ3n) is 4.62. The lowest BCUT2D eigenvalue weighted by Gasteiger charge is -2.44. The molecule has 0 saturated carbocycles. The molecule has 0 spiro atoms. The van der Waals surface area contributed by atoms with Crippen LogP contribution in [0.25, 0.3) is 0 Å².